The lowest BCUT2D eigenvalue weighted by Gasteiger charge is -2.27. The van der Waals surface area contributed by atoms with Gasteiger partial charge in [-0.25, -0.2) is 15.0 Å². The molecule has 38 heavy (non-hydrogen) atoms. The number of halogens is 1. The van der Waals surface area contributed by atoms with E-state index in [1.54, 1.807) is 37.7 Å². The van der Waals surface area contributed by atoms with Crippen molar-refractivity contribution in [3.05, 3.63) is 70.7 Å². The zero-order chi connectivity index (χ0) is 26.4. The molecule has 0 fully saturated rings. The van der Waals surface area contributed by atoms with Crippen LogP contribution in [0, 0.1) is 6.92 Å². The standard InChI is InChI=1S/C26H23ClN8O2S/c1-14-8-16(17-9-15(27)4-5-21(17)37-3)18(10-28-14)24(36)33-26-32-23-25(38-26)31-22(11-29-23)35-7-6-20-19(12-35)30-13-34(20)2/h4-5,8-11,13H,6-7,12H2,1-3H3,(H,29,32,33,36). The van der Waals surface area contributed by atoms with Gasteiger partial charge in [-0.2, -0.15) is 4.98 Å². The molecule has 10 nitrogen and oxygen atoms in total. The highest BCUT2D eigenvalue weighted by Crippen LogP contribution is 2.35. The summed E-state index contributed by atoms with van der Waals surface area (Å²) >= 11 is 7.54. The number of pyridine rings is 1. The molecule has 0 spiro atoms. The molecule has 12 heteroatoms. The van der Waals surface area contributed by atoms with Gasteiger partial charge in [-0.15, -0.1) is 0 Å². The highest BCUT2D eigenvalue weighted by molar-refractivity contribution is 7.21. The molecular weight excluding hydrogens is 524 g/mol. The van der Waals surface area contributed by atoms with Crippen LogP contribution in [0.5, 0.6) is 5.75 Å². The van der Waals surface area contributed by atoms with Crippen LogP contribution in [0.15, 0.2) is 43.0 Å². The molecule has 0 aliphatic carbocycles. The minimum absolute atomic E-state index is 0.354. The Bertz CT molecular complexity index is 1700. The first kappa shape index (κ1) is 24.3. The van der Waals surface area contributed by atoms with Crippen LogP contribution in [0.25, 0.3) is 21.6 Å². The molecular formula is C26H23ClN8O2S. The lowest BCUT2D eigenvalue weighted by atomic mass is 9.99. The Morgan fingerprint density at radius 1 is 1.13 bits per heavy atom. The Labute approximate surface area is 227 Å². The second-order valence-electron chi connectivity index (χ2n) is 8.97. The molecule has 0 bridgehead atoms. The second kappa shape index (κ2) is 9.66. The van der Waals surface area contributed by atoms with E-state index in [0.717, 1.165) is 30.2 Å². The molecule has 0 radical (unpaired) electrons. The number of amides is 1. The minimum Gasteiger partial charge on any atom is -0.496 e. The fourth-order valence-corrected chi connectivity index (χ4v) is 5.55. The summed E-state index contributed by atoms with van der Waals surface area (Å²) in [6, 6.07) is 7.12. The van der Waals surface area contributed by atoms with E-state index in [9.17, 15) is 4.79 Å². The molecule has 6 rings (SSSR count). The number of hydrogen-bond donors (Lipinski definition) is 1. The van der Waals surface area contributed by atoms with Gasteiger partial charge in [0.15, 0.2) is 15.6 Å². The predicted octanol–water partition coefficient (Wildman–Crippen LogP) is 4.67. The van der Waals surface area contributed by atoms with E-state index in [2.05, 4.69) is 34.7 Å². The summed E-state index contributed by atoms with van der Waals surface area (Å²) in [6.45, 7) is 3.36. The van der Waals surface area contributed by atoms with Gasteiger partial charge in [0.2, 0.25) is 0 Å². The number of thiazole rings is 1. The molecule has 0 saturated heterocycles. The van der Waals surface area contributed by atoms with Gasteiger partial charge in [0.1, 0.15) is 11.6 Å². The SMILES string of the molecule is COc1ccc(Cl)cc1-c1cc(C)ncc1C(=O)Nc1nc2ncc(N3CCc4c(ncn4C)C3)nc2s1. The molecule has 1 aliphatic heterocycles. The van der Waals surface area contributed by atoms with Crippen molar-refractivity contribution in [2.75, 3.05) is 23.9 Å². The molecule has 1 N–H and O–H groups in total. The molecule has 5 aromatic rings. The van der Waals surface area contributed by atoms with E-state index in [-0.39, 0.29) is 5.91 Å². The number of imidazole rings is 1. The smallest absolute Gasteiger partial charge is 0.259 e. The van der Waals surface area contributed by atoms with E-state index in [1.807, 2.05) is 26.4 Å². The predicted molar refractivity (Wildman–Crippen MR) is 147 cm³/mol. The van der Waals surface area contributed by atoms with Gasteiger partial charge in [-0.05, 0) is 31.2 Å². The molecule has 0 saturated carbocycles. The quantitative estimate of drug-likeness (QED) is 0.338. The summed E-state index contributed by atoms with van der Waals surface area (Å²) in [5.41, 5.74) is 5.27. The number of nitrogens with one attached hydrogen (secondary N) is 1. The van der Waals surface area contributed by atoms with Crippen LogP contribution in [0.4, 0.5) is 10.9 Å². The van der Waals surface area contributed by atoms with E-state index < -0.39 is 0 Å². The number of nitrogens with zero attached hydrogens (tertiary/aromatic N) is 7. The first-order valence-corrected chi connectivity index (χ1v) is 13.1. The first-order valence-electron chi connectivity index (χ1n) is 11.9. The van der Waals surface area contributed by atoms with Crippen LogP contribution in [-0.4, -0.2) is 49.0 Å². The number of anilines is 2. The number of benzene rings is 1. The van der Waals surface area contributed by atoms with Crippen molar-refractivity contribution in [2.24, 2.45) is 7.05 Å². The molecule has 1 amide bonds. The molecule has 5 heterocycles. The van der Waals surface area contributed by atoms with Crippen LogP contribution in [0.2, 0.25) is 5.02 Å². The van der Waals surface area contributed by atoms with Gasteiger partial charge >= 0.3 is 0 Å². The summed E-state index contributed by atoms with van der Waals surface area (Å²) in [5, 5.41) is 3.83. The van der Waals surface area contributed by atoms with Crippen molar-refractivity contribution in [3.63, 3.8) is 0 Å². The number of methoxy groups -OCH3 is 1. The first-order chi connectivity index (χ1) is 18.4. The third-order valence-corrected chi connectivity index (χ3v) is 7.59. The third-order valence-electron chi connectivity index (χ3n) is 6.50. The van der Waals surface area contributed by atoms with Gasteiger partial charge in [0.25, 0.3) is 5.91 Å². The van der Waals surface area contributed by atoms with Gasteiger partial charge in [-0.1, -0.05) is 22.9 Å². The fourth-order valence-electron chi connectivity index (χ4n) is 4.59. The van der Waals surface area contributed by atoms with Crippen molar-refractivity contribution >= 4 is 50.3 Å². The monoisotopic (exact) mass is 546 g/mol. The molecule has 0 unspecified atom stereocenters. The maximum Gasteiger partial charge on any atom is 0.259 e. The number of ether oxygens (including phenoxy) is 1. The van der Waals surface area contributed by atoms with E-state index in [1.165, 1.54) is 17.0 Å². The molecule has 1 aromatic carbocycles. The van der Waals surface area contributed by atoms with Crippen LogP contribution in [0.3, 0.4) is 0 Å². The van der Waals surface area contributed by atoms with Gasteiger partial charge in [-0.3, -0.25) is 15.1 Å². The Kier molecular flexibility index (Phi) is 6.16. The highest BCUT2D eigenvalue weighted by Gasteiger charge is 2.23. The summed E-state index contributed by atoms with van der Waals surface area (Å²) in [4.78, 5) is 38.8. The number of carbonyl (C=O) groups is 1. The summed E-state index contributed by atoms with van der Waals surface area (Å²) in [5.74, 6) is 1.01. The van der Waals surface area contributed by atoms with E-state index in [0.29, 0.717) is 49.6 Å². The van der Waals surface area contributed by atoms with Crippen LogP contribution in [-0.2, 0) is 20.0 Å². The summed E-state index contributed by atoms with van der Waals surface area (Å²) < 4.78 is 7.59. The number of carbonyl (C=O) groups excluding carboxylic acids is 1. The number of rotatable bonds is 5. The molecule has 192 valence electrons. The Hall–Kier alpha value is -4.09. The zero-order valence-electron chi connectivity index (χ0n) is 20.9. The van der Waals surface area contributed by atoms with Crippen molar-refractivity contribution in [3.8, 4) is 16.9 Å². The number of hydrogen-bond acceptors (Lipinski definition) is 9. The normalized spacial score (nSPS) is 13.0. The summed E-state index contributed by atoms with van der Waals surface area (Å²) in [7, 11) is 3.59. The maximum absolute atomic E-state index is 13.4. The fraction of sp³-hybridized carbons (Fsp3) is 0.231. The Balaban J connectivity index is 1.28. The lowest BCUT2D eigenvalue weighted by Crippen LogP contribution is -2.31. The van der Waals surface area contributed by atoms with Gasteiger partial charge in [0, 0.05) is 53.7 Å². The molecule has 0 atom stereocenters. The zero-order valence-corrected chi connectivity index (χ0v) is 22.5. The Morgan fingerprint density at radius 2 is 2.00 bits per heavy atom. The van der Waals surface area contributed by atoms with Crippen LogP contribution >= 0.6 is 22.9 Å². The van der Waals surface area contributed by atoms with Crippen molar-refractivity contribution in [2.45, 2.75) is 19.9 Å². The van der Waals surface area contributed by atoms with E-state index >= 15 is 0 Å². The summed E-state index contributed by atoms with van der Waals surface area (Å²) in [6.07, 6.45) is 6.00. The van der Waals surface area contributed by atoms with Gasteiger partial charge < -0.3 is 14.2 Å². The maximum atomic E-state index is 13.4. The van der Waals surface area contributed by atoms with Crippen molar-refractivity contribution in [1.82, 2.24) is 29.5 Å². The molecule has 4 aromatic heterocycles. The van der Waals surface area contributed by atoms with Crippen LogP contribution in [0.1, 0.15) is 27.4 Å². The third kappa shape index (κ3) is 4.44. The topological polar surface area (TPSA) is 111 Å². The average molecular weight is 547 g/mol. The second-order valence-corrected chi connectivity index (χ2v) is 10.4. The average Bonchev–Trinajstić information content (AvgIpc) is 3.50. The van der Waals surface area contributed by atoms with E-state index in [4.69, 9.17) is 21.3 Å². The number of aryl methyl sites for hydroxylation is 2. The number of aromatic nitrogens is 6. The lowest BCUT2D eigenvalue weighted by molar-refractivity contribution is 0.102. The molecule has 1 aliphatic rings. The van der Waals surface area contributed by atoms with Crippen molar-refractivity contribution < 1.29 is 9.53 Å². The van der Waals surface area contributed by atoms with Gasteiger partial charge in [0.05, 0.1) is 37.4 Å². The largest absolute Gasteiger partial charge is 0.496 e. The minimum atomic E-state index is -0.354. The van der Waals surface area contributed by atoms with Crippen LogP contribution < -0.4 is 15.0 Å². The highest BCUT2D eigenvalue weighted by atomic mass is 35.5. The van der Waals surface area contributed by atoms with Crippen molar-refractivity contribution in [1.29, 1.82) is 0 Å². The Morgan fingerprint density at radius 3 is 2.84 bits per heavy atom. The number of fused-ring (bicyclic) bond motifs is 2.